The Morgan fingerprint density at radius 1 is 1.62 bits per heavy atom. The molecule has 7 heteroatoms. The Bertz CT molecular complexity index is 343. The number of nitrogen functional groups attached to an aromatic ring is 1. The van der Waals surface area contributed by atoms with Crippen molar-refractivity contribution in [2.24, 2.45) is 0 Å². The molecule has 0 saturated carbocycles. The van der Waals surface area contributed by atoms with Crippen molar-refractivity contribution in [3.63, 3.8) is 0 Å². The molecular weight excluding hydrogens is 184 g/mol. The number of alkyl halides is 2. The van der Waals surface area contributed by atoms with Crippen LogP contribution in [0.25, 0.3) is 0 Å². The Balaban J connectivity index is 3.19. The van der Waals surface area contributed by atoms with Gasteiger partial charge in [0, 0.05) is 17.8 Å². The molecule has 0 unspecified atom stereocenters. The average Bonchev–Trinajstić information content (AvgIpc) is 2.04. The van der Waals surface area contributed by atoms with Crippen LogP contribution in [-0.4, -0.2) is 9.91 Å². The summed E-state index contributed by atoms with van der Waals surface area (Å²) in [6, 6.07) is 0.715. The van der Waals surface area contributed by atoms with Crippen LogP contribution >= 0.6 is 0 Å². The molecule has 0 aliphatic heterocycles. The molecular formula is C6H5F2N3O2. The summed E-state index contributed by atoms with van der Waals surface area (Å²) in [6.45, 7) is 0. The van der Waals surface area contributed by atoms with E-state index in [9.17, 15) is 18.9 Å². The van der Waals surface area contributed by atoms with Crippen molar-refractivity contribution in [2.45, 2.75) is 6.43 Å². The second kappa shape index (κ2) is 3.30. The summed E-state index contributed by atoms with van der Waals surface area (Å²) in [5.74, 6) is -0.366. The van der Waals surface area contributed by atoms with Crippen molar-refractivity contribution in [2.75, 3.05) is 5.73 Å². The quantitative estimate of drug-likeness (QED) is 0.564. The molecule has 0 amide bonds. The standard InChI is InChI=1S/C6H5F2N3O2/c7-5(8)3-1-4(11(12)13)6(9)10-2-3/h1-2,5H,(H2,9,10). The number of rotatable bonds is 2. The van der Waals surface area contributed by atoms with Crippen LogP contribution in [0.5, 0.6) is 0 Å². The molecule has 5 nitrogen and oxygen atoms in total. The second-order valence-corrected chi connectivity index (χ2v) is 2.23. The third-order valence-corrected chi connectivity index (χ3v) is 1.37. The van der Waals surface area contributed by atoms with Crippen molar-refractivity contribution in [3.05, 3.63) is 27.9 Å². The number of nitrogens with zero attached hydrogens (tertiary/aromatic N) is 2. The lowest BCUT2D eigenvalue weighted by atomic mass is 10.2. The van der Waals surface area contributed by atoms with E-state index in [1.165, 1.54) is 0 Å². The Morgan fingerprint density at radius 2 is 2.23 bits per heavy atom. The maximum Gasteiger partial charge on any atom is 0.311 e. The van der Waals surface area contributed by atoms with Crippen molar-refractivity contribution in [1.82, 2.24) is 4.98 Å². The zero-order valence-electron chi connectivity index (χ0n) is 6.28. The van der Waals surface area contributed by atoms with Crippen LogP contribution in [-0.2, 0) is 0 Å². The van der Waals surface area contributed by atoms with Crippen LogP contribution in [0.1, 0.15) is 12.0 Å². The van der Waals surface area contributed by atoms with E-state index in [1.54, 1.807) is 0 Å². The number of anilines is 1. The van der Waals surface area contributed by atoms with Gasteiger partial charge in [-0.3, -0.25) is 10.1 Å². The molecule has 0 saturated heterocycles. The van der Waals surface area contributed by atoms with Gasteiger partial charge >= 0.3 is 5.69 Å². The third kappa shape index (κ3) is 1.86. The highest BCUT2D eigenvalue weighted by atomic mass is 19.3. The van der Waals surface area contributed by atoms with Gasteiger partial charge in [0.25, 0.3) is 6.43 Å². The number of pyridine rings is 1. The highest BCUT2D eigenvalue weighted by Gasteiger charge is 2.17. The molecule has 0 aliphatic carbocycles. The van der Waals surface area contributed by atoms with Gasteiger partial charge in [0.2, 0.25) is 5.82 Å². The van der Waals surface area contributed by atoms with Gasteiger partial charge in [-0.1, -0.05) is 0 Å². The summed E-state index contributed by atoms with van der Waals surface area (Å²) < 4.78 is 24.1. The van der Waals surface area contributed by atoms with Crippen molar-refractivity contribution in [3.8, 4) is 0 Å². The predicted octanol–water partition coefficient (Wildman–Crippen LogP) is 1.51. The molecule has 70 valence electrons. The Morgan fingerprint density at radius 3 is 2.69 bits per heavy atom. The van der Waals surface area contributed by atoms with Crippen LogP contribution in [0.2, 0.25) is 0 Å². The third-order valence-electron chi connectivity index (χ3n) is 1.37. The summed E-state index contributed by atoms with van der Waals surface area (Å²) in [5, 5.41) is 10.2. The van der Waals surface area contributed by atoms with E-state index in [2.05, 4.69) is 4.98 Å². The fraction of sp³-hybridized carbons (Fsp3) is 0.167. The van der Waals surface area contributed by atoms with Crippen LogP contribution in [0.4, 0.5) is 20.3 Å². The number of nitro groups is 1. The first-order chi connectivity index (χ1) is 6.02. The molecule has 13 heavy (non-hydrogen) atoms. The largest absolute Gasteiger partial charge is 0.378 e. The number of hydrogen-bond acceptors (Lipinski definition) is 4. The van der Waals surface area contributed by atoms with Crippen LogP contribution in [0.15, 0.2) is 12.3 Å². The molecule has 1 aromatic heterocycles. The first kappa shape index (κ1) is 9.30. The molecule has 1 rings (SSSR count). The summed E-state index contributed by atoms with van der Waals surface area (Å²) in [7, 11) is 0. The fourth-order valence-electron chi connectivity index (χ4n) is 0.745. The van der Waals surface area contributed by atoms with Gasteiger partial charge < -0.3 is 5.73 Å². The van der Waals surface area contributed by atoms with E-state index in [4.69, 9.17) is 5.73 Å². The Kier molecular flexibility index (Phi) is 2.36. The molecule has 0 aliphatic rings. The van der Waals surface area contributed by atoms with Crippen molar-refractivity contribution >= 4 is 11.5 Å². The smallest absolute Gasteiger partial charge is 0.311 e. The topological polar surface area (TPSA) is 82.0 Å². The van der Waals surface area contributed by atoms with Crippen molar-refractivity contribution in [1.29, 1.82) is 0 Å². The minimum absolute atomic E-state index is 0.366. The SMILES string of the molecule is Nc1ncc(C(F)F)cc1[N+](=O)[O-]. The van der Waals surface area contributed by atoms with Gasteiger partial charge in [-0.05, 0) is 0 Å². The maximum absolute atomic E-state index is 12.0. The zero-order chi connectivity index (χ0) is 10.0. The molecule has 1 heterocycles. The van der Waals surface area contributed by atoms with Gasteiger partial charge in [0.05, 0.1) is 4.92 Å². The highest BCUT2D eigenvalue weighted by Crippen LogP contribution is 2.25. The van der Waals surface area contributed by atoms with E-state index in [-0.39, 0.29) is 5.82 Å². The molecule has 1 aromatic rings. The predicted molar refractivity (Wildman–Crippen MR) is 40.3 cm³/mol. The molecule has 0 atom stereocenters. The monoisotopic (exact) mass is 189 g/mol. The second-order valence-electron chi connectivity index (χ2n) is 2.23. The minimum atomic E-state index is -2.79. The van der Waals surface area contributed by atoms with Crippen LogP contribution in [0.3, 0.4) is 0 Å². The van der Waals surface area contributed by atoms with E-state index >= 15 is 0 Å². The first-order valence-corrected chi connectivity index (χ1v) is 3.20. The molecule has 0 spiro atoms. The molecule has 0 radical (unpaired) electrons. The number of hydrogen-bond donors (Lipinski definition) is 1. The fourth-order valence-corrected chi connectivity index (χ4v) is 0.745. The number of nitrogens with two attached hydrogens (primary N) is 1. The molecule has 0 aromatic carbocycles. The van der Waals surface area contributed by atoms with E-state index in [0.29, 0.717) is 6.07 Å². The molecule has 0 bridgehead atoms. The van der Waals surface area contributed by atoms with Gasteiger partial charge in [0.15, 0.2) is 0 Å². The lowest BCUT2D eigenvalue weighted by Crippen LogP contribution is -2.00. The lowest BCUT2D eigenvalue weighted by Gasteiger charge is -1.99. The van der Waals surface area contributed by atoms with Gasteiger partial charge in [-0.25, -0.2) is 13.8 Å². The van der Waals surface area contributed by atoms with Crippen LogP contribution in [0, 0.1) is 10.1 Å². The van der Waals surface area contributed by atoms with Gasteiger partial charge in [-0.2, -0.15) is 0 Å². The van der Waals surface area contributed by atoms with E-state index in [0.717, 1.165) is 6.20 Å². The van der Waals surface area contributed by atoms with Gasteiger partial charge in [-0.15, -0.1) is 0 Å². The highest BCUT2D eigenvalue weighted by molar-refractivity contribution is 5.53. The molecule has 0 fully saturated rings. The zero-order valence-corrected chi connectivity index (χ0v) is 6.28. The van der Waals surface area contributed by atoms with Crippen molar-refractivity contribution < 1.29 is 13.7 Å². The summed E-state index contributed by atoms with van der Waals surface area (Å²) in [5.41, 5.74) is 3.98. The number of aromatic nitrogens is 1. The van der Waals surface area contributed by atoms with E-state index in [1.807, 2.05) is 0 Å². The average molecular weight is 189 g/mol. The number of halogens is 2. The summed E-state index contributed by atoms with van der Waals surface area (Å²) in [6.07, 6.45) is -1.97. The Hall–Kier alpha value is -1.79. The maximum atomic E-state index is 12.0. The van der Waals surface area contributed by atoms with E-state index < -0.39 is 22.6 Å². The molecule has 2 N–H and O–H groups in total. The lowest BCUT2D eigenvalue weighted by molar-refractivity contribution is -0.384. The minimum Gasteiger partial charge on any atom is -0.378 e. The first-order valence-electron chi connectivity index (χ1n) is 3.20. The summed E-state index contributed by atoms with van der Waals surface area (Å²) >= 11 is 0. The summed E-state index contributed by atoms with van der Waals surface area (Å²) in [4.78, 5) is 12.7. The normalized spacial score (nSPS) is 10.4. The van der Waals surface area contributed by atoms with Gasteiger partial charge in [0.1, 0.15) is 0 Å². The van der Waals surface area contributed by atoms with Crippen LogP contribution < -0.4 is 5.73 Å². The Labute approximate surface area is 71.3 Å².